The number of amides is 3. The lowest BCUT2D eigenvalue weighted by Crippen LogP contribution is -2.29. The summed E-state index contributed by atoms with van der Waals surface area (Å²) in [4.78, 5) is 46.5. The van der Waals surface area contributed by atoms with Crippen molar-refractivity contribution in [1.82, 2.24) is 9.97 Å². The Kier molecular flexibility index (Phi) is 4.07. The van der Waals surface area contributed by atoms with Gasteiger partial charge in [-0.15, -0.1) is 0 Å². The first kappa shape index (κ1) is 17.7. The second-order valence-corrected chi connectivity index (χ2v) is 6.76. The fourth-order valence-corrected chi connectivity index (χ4v) is 3.50. The lowest BCUT2D eigenvalue weighted by atomic mass is 10.1. The van der Waals surface area contributed by atoms with E-state index >= 15 is 0 Å². The van der Waals surface area contributed by atoms with Gasteiger partial charge in [-0.3, -0.25) is 14.4 Å². The van der Waals surface area contributed by atoms with Crippen LogP contribution in [0.5, 0.6) is 0 Å². The Morgan fingerprint density at radius 3 is 2.43 bits per heavy atom. The molecule has 0 bridgehead atoms. The molecule has 7 nitrogen and oxygen atoms in total. The Morgan fingerprint density at radius 1 is 0.867 bits per heavy atom. The minimum Gasteiger partial charge on any atom is -0.321 e. The summed E-state index contributed by atoms with van der Waals surface area (Å²) in [6.45, 7) is 0. The molecule has 0 saturated carbocycles. The summed E-state index contributed by atoms with van der Waals surface area (Å²) in [5.74, 6) is -1.28. The predicted octanol–water partition coefficient (Wildman–Crippen LogP) is 3.68. The van der Waals surface area contributed by atoms with Crippen LogP contribution >= 0.6 is 0 Å². The average molecular weight is 394 g/mol. The number of aromatic nitrogens is 2. The number of carbonyl (C=O) groups is 3. The second kappa shape index (κ2) is 6.89. The van der Waals surface area contributed by atoms with Crippen LogP contribution in [0.25, 0.3) is 10.8 Å². The van der Waals surface area contributed by atoms with Crippen LogP contribution in [0.1, 0.15) is 31.2 Å². The SMILES string of the molecule is O=C(Nc1cccc2ccccc12)c1ccc(N2C(=O)c3cncnc3C2=O)cc1. The predicted molar refractivity (Wildman–Crippen MR) is 112 cm³/mol. The van der Waals surface area contributed by atoms with Gasteiger partial charge < -0.3 is 5.32 Å². The normalized spacial score (nSPS) is 12.9. The molecule has 0 fully saturated rings. The van der Waals surface area contributed by atoms with Crippen molar-refractivity contribution >= 4 is 39.9 Å². The van der Waals surface area contributed by atoms with Crippen LogP contribution in [0.15, 0.2) is 79.3 Å². The smallest absolute Gasteiger partial charge is 0.284 e. The molecular weight excluding hydrogens is 380 g/mol. The summed E-state index contributed by atoms with van der Waals surface area (Å²) >= 11 is 0. The fraction of sp³-hybridized carbons (Fsp3) is 0. The molecule has 1 aliphatic heterocycles. The maximum Gasteiger partial charge on any atom is 0.284 e. The van der Waals surface area contributed by atoms with Crippen molar-refractivity contribution in [3.8, 4) is 0 Å². The topological polar surface area (TPSA) is 92.3 Å². The zero-order valence-corrected chi connectivity index (χ0v) is 15.6. The number of nitrogens with zero attached hydrogens (tertiary/aromatic N) is 3. The molecule has 4 aromatic rings. The van der Waals surface area contributed by atoms with Crippen LogP contribution in [0.3, 0.4) is 0 Å². The lowest BCUT2D eigenvalue weighted by molar-refractivity contribution is 0.0924. The van der Waals surface area contributed by atoms with Gasteiger partial charge in [-0.1, -0.05) is 36.4 Å². The highest BCUT2D eigenvalue weighted by Crippen LogP contribution is 2.27. The van der Waals surface area contributed by atoms with Crippen molar-refractivity contribution < 1.29 is 14.4 Å². The fourth-order valence-electron chi connectivity index (χ4n) is 3.50. The molecule has 2 heterocycles. The Balaban J connectivity index is 1.40. The highest BCUT2D eigenvalue weighted by Gasteiger charge is 2.38. The van der Waals surface area contributed by atoms with E-state index in [9.17, 15) is 14.4 Å². The van der Waals surface area contributed by atoms with Gasteiger partial charge >= 0.3 is 0 Å². The number of rotatable bonds is 3. The summed E-state index contributed by atoms with van der Waals surface area (Å²) in [7, 11) is 0. The van der Waals surface area contributed by atoms with Crippen molar-refractivity contribution in [1.29, 1.82) is 0 Å². The number of hydrogen-bond acceptors (Lipinski definition) is 5. The van der Waals surface area contributed by atoms with Crippen LogP contribution in [0.2, 0.25) is 0 Å². The van der Waals surface area contributed by atoms with E-state index in [1.165, 1.54) is 12.5 Å². The number of anilines is 2. The first-order valence-corrected chi connectivity index (χ1v) is 9.21. The van der Waals surface area contributed by atoms with Crippen molar-refractivity contribution in [2.75, 3.05) is 10.2 Å². The van der Waals surface area contributed by atoms with Gasteiger partial charge in [0.15, 0.2) is 0 Å². The highest BCUT2D eigenvalue weighted by molar-refractivity contribution is 6.33. The number of fused-ring (bicyclic) bond motifs is 2. The molecule has 5 rings (SSSR count). The Hall–Kier alpha value is -4.39. The summed E-state index contributed by atoms with van der Waals surface area (Å²) in [5.41, 5.74) is 1.72. The lowest BCUT2D eigenvalue weighted by Gasteiger charge is -2.14. The summed E-state index contributed by atoms with van der Waals surface area (Å²) in [5, 5.41) is 4.89. The maximum absolute atomic E-state index is 12.7. The standard InChI is InChI=1S/C23H14N4O3/c28-21(26-19-7-3-5-14-4-1-2-6-17(14)19)15-8-10-16(11-9-15)27-22(29)18-12-24-13-25-20(18)23(27)30/h1-13H,(H,26,28). The van der Waals surface area contributed by atoms with Crippen LogP contribution in [0.4, 0.5) is 11.4 Å². The third-order valence-corrected chi connectivity index (χ3v) is 4.98. The van der Waals surface area contributed by atoms with E-state index in [2.05, 4.69) is 15.3 Å². The third kappa shape index (κ3) is 2.80. The third-order valence-electron chi connectivity index (χ3n) is 4.98. The zero-order valence-electron chi connectivity index (χ0n) is 15.6. The molecule has 1 aromatic heterocycles. The Bertz CT molecular complexity index is 1290. The number of benzene rings is 3. The Morgan fingerprint density at radius 2 is 1.63 bits per heavy atom. The molecular formula is C23H14N4O3. The van der Waals surface area contributed by atoms with Crippen molar-refractivity contribution in [3.63, 3.8) is 0 Å². The van der Waals surface area contributed by atoms with E-state index in [-0.39, 0.29) is 17.2 Å². The zero-order chi connectivity index (χ0) is 20.7. The monoisotopic (exact) mass is 394 g/mol. The van der Waals surface area contributed by atoms with E-state index in [0.29, 0.717) is 16.9 Å². The minimum atomic E-state index is -0.509. The second-order valence-electron chi connectivity index (χ2n) is 6.76. The van der Waals surface area contributed by atoms with E-state index in [1.54, 1.807) is 24.3 Å². The van der Waals surface area contributed by atoms with E-state index < -0.39 is 11.8 Å². The van der Waals surface area contributed by atoms with E-state index in [4.69, 9.17) is 0 Å². The van der Waals surface area contributed by atoms with Gasteiger partial charge in [0.05, 0.1) is 11.3 Å². The van der Waals surface area contributed by atoms with Gasteiger partial charge in [0.25, 0.3) is 17.7 Å². The highest BCUT2D eigenvalue weighted by atomic mass is 16.2. The van der Waals surface area contributed by atoms with Crippen molar-refractivity contribution in [3.05, 3.63) is 96.1 Å². The molecule has 3 aromatic carbocycles. The molecule has 0 atom stereocenters. The number of carbonyl (C=O) groups excluding carboxylic acids is 3. The largest absolute Gasteiger partial charge is 0.321 e. The number of nitrogens with one attached hydrogen (secondary N) is 1. The molecule has 0 radical (unpaired) electrons. The van der Waals surface area contributed by atoms with E-state index in [1.807, 2.05) is 42.5 Å². The van der Waals surface area contributed by atoms with Crippen molar-refractivity contribution in [2.45, 2.75) is 0 Å². The van der Waals surface area contributed by atoms with Gasteiger partial charge in [0.1, 0.15) is 12.0 Å². The average Bonchev–Trinajstić information content (AvgIpc) is 3.04. The molecule has 7 heteroatoms. The molecule has 1 N–H and O–H groups in total. The number of imide groups is 1. The van der Waals surface area contributed by atoms with E-state index in [0.717, 1.165) is 15.7 Å². The molecule has 1 aliphatic rings. The maximum atomic E-state index is 12.7. The van der Waals surface area contributed by atoms with Gasteiger partial charge in [0.2, 0.25) is 0 Å². The molecule has 144 valence electrons. The molecule has 0 unspecified atom stereocenters. The molecule has 0 saturated heterocycles. The van der Waals surface area contributed by atoms with Crippen LogP contribution in [-0.2, 0) is 0 Å². The van der Waals surface area contributed by atoms with Crippen LogP contribution in [-0.4, -0.2) is 27.7 Å². The van der Waals surface area contributed by atoms with Gasteiger partial charge in [-0.05, 0) is 35.7 Å². The van der Waals surface area contributed by atoms with Crippen LogP contribution < -0.4 is 10.2 Å². The van der Waals surface area contributed by atoms with Gasteiger partial charge in [-0.2, -0.15) is 0 Å². The summed E-state index contributed by atoms with van der Waals surface area (Å²) in [6, 6.07) is 19.8. The quantitative estimate of drug-likeness (QED) is 0.535. The number of hydrogen-bond donors (Lipinski definition) is 1. The van der Waals surface area contributed by atoms with Gasteiger partial charge in [0, 0.05) is 22.8 Å². The molecule has 3 amide bonds. The first-order chi connectivity index (χ1) is 14.6. The summed E-state index contributed by atoms with van der Waals surface area (Å²) in [6.07, 6.45) is 2.56. The van der Waals surface area contributed by atoms with Crippen molar-refractivity contribution in [2.24, 2.45) is 0 Å². The first-order valence-electron chi connectivity index (χ1n) is 9.21. The Labute approximate surface area is 171 Å². The van der Waals surface area contributed by atoms with Gasteiger partial charge in [-0.25, -0.2) is 14.9 Å². The van der Waals surface area contributed by atoms with Crippen LogP contribution in [0, 0.1) is 0 Å². The minimum absolute atomic E-state index is 0.0766. The molecule has 30 heavy (non-hydrogen) atoms. The summed E-state index contributed by atoms with van der Waals surface area (Å²) < 4.78 is 0. The molecule has 0 spiro atoms. The molecule has 0 aliphatic carbocycles.